The zero-order chi connectivity index (χ0) is 13.9. The maximum absolute atomic E-state index is 10.1. The minimum absolute atomic E-state index is 0.251. The van der Waals surface area contributed by atoms with E-state index < -0.39 is 0 Å². The summed E-state index contributed by atoms with van der Waals surface area (Å²) in [4.78, 5) is 4.50. The minimum Gasteiger partial charge on any atom is -0.507 e. The summed E-state index contributed by atoms with van der Waals surface area (Å²) < 4.78 is 0. The first kappa shape index (κ1) is 12.4. The molecule has 0 fully saturated rings. The minimum atomic E-state index is 0.251. The lowest BCUT2D eigenvalue weighted by atomic mass is 10.0. The van der Waals surface area contributed by atoms with Gasteiger partial charge in [-0.2, -0.15) is 0 Å². The van der Waals surface area contributed by atoms with E-state index in [1.165, 1.54) is 0 Å². The average Bonchev–Trinajstić information content (AvgIpc) is 2.48. The molecular formula is C18H15NO. The molecule has 0 bridgehead atoms. The third-order valence-electron chi connectivity index (χ3n) is 3.40. The van der Waals surface area contributed by atoms with Crippen LogP contribution in [0, 0.1) is 6.92 Å². The molecule has 0 aliphatic carbocycles. The Labute approximate surface area is 118 Å². The summed E-state index contributed by atoms with van der Waals surface area (Å²) in [7, 11) is 0. The van der Waals surface area contributed by atoms with E-state index in [1.54, 1.807) is 12.3 Å². The average molecular weight is 261 g/mol. The van der Waals surface area contributed by atoms with E-state index in [0.29, 0.717) is 0 Å². The third-order valence-corrected chi connectivity index (χ3v) is 3.40. The van der Waals surface area contributed by atoms with E-state index >= 15 is 0 Å². The molecular weight excluding hydrogens is 246 g/mol. The summed E-state index contributed by atoms with van der Waals surface area (Å²) in [5.74, 6) is 0.251. The van der Waals surface area contributed by atoms with Gasteiger partial charge in [-0.25, -0.2) is 0 Å². The van der Waals surface area contributed by atoms with Crippen LogP contribution in [-0.4, -0.2) is 11.3 Å². The van der Waals surface area contributed by atoms with Crippen LogP contribution in [-0.2, 0) is 0 Å². The lowest BCUT2D eigenvalue weighted by Gasteiger charge is -2.05. The van der Waals surface area contributed by atoms with E-state index in [4.69, 9.17) is 0 Å². The van der Waals surface area contributed by atoms with Gasteiger partial charge in [0.25, 0.3) is 0 Å². The number of benzene rings is 3. The molecule has 2 heteroatoms. The summed E-state index contributed by atoms with van der Waals surface area (Å²) in [5.41, 5.74) is 2.79. The van der Waals surface area contributed by atoms with Gasteiger partial charge in [0.15, 0.2) is 0 Å². The number of nitrogens with zero attached hydrogens (tertiary/aromatic N) is 1. The van der Waals surface area contributed by atoms with Crippen molar-refractivity contribution in [1.82, 2.24) is 0 Å². The Balaban J connectivity index is 2.11. The number of phenolic OH excluding ortho intramolecular Hbond substituents is 1. The van der Waals surface area contributed by atoms with Gasteiger partial charge in [0.05, 0.1) is 5.69 Å². The number of phenols is 1. The molecule has 0 radical (unpaired) electrons. The van der Waals surface area contributed by atoms with Gasteiger partial charge in [-0.3, -0.25) is 4.99 Å². The number of hydrogen-bond acceptors (Lipinski definition) is 2. The van der Waals surface area contributed by atoms with E-state index in [1.807, 2.05) is 61.5 Å². The van der Waals surface area contributed by atoms with Crippen molar-refractivity contribution in [2.75, 3.05) is 0 Å². The van der Waals surface area contributed by atoms with Gasteiger partial charge in [-0.05, 0) is 35.4 Å². The molecule has 1 N–H and O–H groups in total. The standard InChI is InChI=1S/C18H15NO/c1-13-6-2-5-9-17(13)19-12-16-15-8-4-3-7-14(15)10-11-18(16)20/h2-12,20H,1H3. The van der Waals surface area contributed by atoms with Crippen LogP contribution >= 0.6 is 0 Å². The van der Waals surface area contributed by atoms with Crippen LogP contribution in [0.3, 0.4) is 0 Å². The zero-order valence-electron chi connectivity index (χ0n) is 11.2. The van der Waals surface area contributed by atoms with E-state index in [9.17, 15) is 5.11 Å². The Morgan fingerprint density at radius 1 is 0.900 bits per heavy atom. The first-order valence-electron chi connectivity index (χ1n) is 6.56. The van der Waals surface area contributed by atoms with Crippen molar-refractivity contribution in [3.05, 3.63) is 71.8 Å². The molecule has 0 aromatic heterocycles. The maximum Gasteiger partial charge on any atom is 0.124 e. The normalized spacial score (nSPS) is 11.2. The molecule has 0 spiro atoms. The van der Waals surface area contributed by atoms with Gasteiger partial charge < -0.3 is 5.11 Å². The number of aromatic hydroxyl groups is 1. The summed E-state index contributed by atoms with van der Waals surface area (Å²) in [6.45, 7) is 2.02. The topological polar surface area (TPSA) is 32.6 Å². The van der Waals surface area contributed by atoms with Crippen LogP contribution in [0.1, 0.15) is 11.1 Å². The molecule has 0 aliphatic rings. The summed E-state index contributed by atoms with van der Waals surface area (Å²) >= 11 is 0. The molecule has 0 aliphatic heterocycles. The number of hydrogen-bond donors (Lipinski definition) is 1. The SMILES string of the molecule is Cc1ccccc1N=Cc1c(O)ccc2ccccc12. The second-order valence-electron chi connectivity index (χ2n) is 4.76. The van der Waals surface area contributed by atoms with Gasteiger partial charge in [0, 0.05) is 11.8 Å². The van der Waals surface area contributed by atoms with Crippen molar-refractivity contribution in [2.24, 2.45) is 4.99 Å². The summed E-state index contributed by atoms with van der Waals surface area (Å²) in [5, 5.41) is 12.2. The molecule has 0 saturated carbocycles. The van der Waals surface area contributed by atoms with Crippen LogP contribution in [0.5, 0.6) is 5.75 Å². The van der Waals surface area contributed by atoms with Gasteiger partial charge in [0.1, 0.15) is 5.75 Å². The lowest BCUT2D eigenvalue weighted by Crippen LogP contribution is -1.86. The van der Waals surface area contributed by atoms with Crippen molar-refractivity contribution < 1.29 is 5.11 Å². The predicted octanol–water partition coefficient (Wildman–Crippen LogP) is 4.60. The van der Waals surface area contributed by atoms with Crippen molar-refractivity contribution in [3.8, 4) is 5.75 Å². The van der Waals surface area contributed by atoms with Crippen molar-refractivity contribution in [1.29, 1.82) is 0 Å². The van der Waals surface area contributed by atoms with Crippen LogP contribution in [0.2, 0.25) is 0 Å². The van der Waals surface area contributed by atoms with Crippen LogP contribution in [0.4, 0.5) is 5.69 Å². The van der Waals surface area contributed by atoms with Gasteiger partial charge in [0.2, 0.25) is 0 Å². The van der Waals surface area contributed by atoms with E-state index in [0.717, 1.165) is 27.6 Å². The molecule has 20 heavy (non-hydrogen) atoms. The molecule has 0 amide bonds. The lowest BCUT2D eigenvalue weighted by molar-refractivity contribution is 0.475. The Bertz CT molecular complexity index is 790. The van der Waals surface area contributed by atoms with Crippen LogP contribution < -0.4 is 0 Å². The van der Waals surface area contributed by atoms with Crippen molar-refractivity contribution in [3.63, 3.8) is 0 Å². The quantitative estimate of drug-likeness (QED) is 0.671. The number of fused-ring (bicyclic) bond motifs is 1. The highest BCUT2D eigenvalue weighted by Crippen LogP contribution is 2.26. The number of aryl methyl sites for hydroxylation is 1. The smallest absolute Gasteiger partial charge is 0.124 e. The first-order chi connectivity index (χ1) is 9.75. The maximum atomic E-state index is 10.1. The highest BCUT2D eigenvalue weighted by molar-refractivity contribution is 6.03. The van der Waals surface area contributed by atoms with Gasteiger partial charge in [-0.1, -0.05) is 48.5 Å². The number of rotatable bonds is 2. The molecule has 3 aromatic carbocycles. The van der Waals surface area contributed by atoms with Crippen LogP contribution in [0.15, 0.2) is 65.7 Å². The highest BCUT2D eigenvalue weighted by Gasteiger charge is 2.04. The predicted molar refractivity (Wildman–Crippen MR) is 84.0 cm³/mol. The van der Waals surface area contributed by atoms with E-state index in [-0.39, 0.29) is 5.75 Å². The fraction of sp³-hybridized carbons (Fsp3) is 0.0556. The van der Waals surface area contributed by atoms with Crippen molar-refractivity contribution >= 4 is 22.7 Å². The second-order valence-corrected chi connectivity index (χ2v) is 4.76. The van der Waals surface area contributed by atoms with Crippen LogP contribution in [0.25, 0.3) is 10.8 Å². The Kier molecular flexibility index (Phi) is 3.21. The Morgan fingerprint density at radius 3 is 2.50 bits per heavy atom. The molecule has 0 unspecified atom stereocenters. The van der Waals surface area contributed by atoms with Crippen molar-refractivity contribution in [2.45, 2.75) is 6.92 Å². The monoisotopic (exact) mass is 261 g/mol. The second kappa shape index (κ2) is 5.17. The number of aliphatic imine (C=N–C) groups is 1. The molecule has 3 rings (SSSR count). The number of para-hydroxylation sites is 1. The fourth-order valence-electron chi connectivity index (χ4n) is 2.26. The van der Waals surface area contributed by atoms with E-state index in [2.05, 4.69) is 4.99 Å². The first-order valence-corrected chi connectivity index (χ1v) is 6.56. The molecule has 3 aromatic rings. The largest absolute Gasteiger partial charge is 0.507 e. The summed E-state index contributed by atoms with van der Waals surface area (Å²) in [6, 6.07) is 19.5. The third kappa shape index (κ3) is 2.28. The molecule has 0 saturated heterocycles. The van der Waals surface area contributed by atoms with Gasteiger partial charge >= 0.3 is 0 Å². The molecule has 0 heterocycles. The molecule has 98 valence electrons. The zero-order valence-corrected chi connectivity index (χ0v) is 11.2. The highest BCUT2D eigenvalue weighted by atomic mass is 16.3. The fourth-order valence-corrected chi connectivity index (χ4v) is 2.26. The van der Waals surface area contributed by atoms with Gasteiger partial charge in [-0.15, -0.1) is 0 Å². The Hall–Kier alpha value is -2.61. The summed E-state index contributed by atoms with van der Waals surface area (Å²) in [6.07, 6.45) is 1.74. The molecule has 0 atom stereocenters. The molecule has 2 nitrogen and oxygen atoms in total. The Morgan fingerprint density at radius 2 is 1.65 bits per heavy atom.